The Balaban J connectivity index is 3.13. The van der Waals surface area contributed by atoms with Crippen LogP contribution in [-0.4, -0.2) is 43.9 Å². The summed E-state index contributed by atoms with van der Waals surface area (Å²) in [5, 5.41) is -2.89. The van der Waals surface area contributed by atoms with E-state index >= 15 is 0 Å². The van der Waals surface area contributed by atoms with Crippen LogP contribution in [0, 0.1) is 0 Å². The molecule has 0 aliphatic heterocycles. The van der Waals surface area contributed by atoms with Gasteiger partial charge in [-0.25, -0.2) is 0 Å². The number of carbonyl (C=O) groups is 1. The Hall–Kier alpha value is -1.28. The zero-order valence-corrected chi connectivity index (χ0v) is 14.7. The summed E-state index contributed by atoms with van der Waals surface area (Å²) in [4.78, 5) is 11.6. The van der Waals surface area contributed by atoms with Gasteiger partial charge in [0.25, 0.3) is 0 Å². The minimum atomic E-state index is -6.47. The fourth-order valence-electron chi connectivity index (χ4n) is 1.63. The van der Waals surface area contributed by atoms with Gasteiger partial charge in [-0.1, -0.05) is 0 Å². The standard InChI is InChI=1S/C15H15F7O2Se/c1-2-3-9-11(23)24-12(25-10-7-5-4-6-8-10)13(16,17)14(18,19)15(20,21)22/h4-8,12H,2-3,9H2,1H3. The van der Waals surface area contributed by atoms with Crippen LogP contribution in [0.15, 0.2) is 30.3 Å². The van der Waals surface area contributed by atoms with Crippen molar-refractivity contribution in [2.75, 3.05) is 0 Å². The van der Waals surface area contributed by atoms with E-state index in [0.717, 1.165) is 0 Å². The fraction of sp³-hybridized carbons (Fsp3) is 0.533. The first-order valence-corrected chi connectivity index (χ1v) is 9.01. The van der Waals surface area contributed by atoms with Crippen LogP contribution in [0.1, 0.15) is 26.2 Å². The molecule has 1 unspecified atom stereocenters. The third-order valence-electron chi connectivity index (χ3n) is 3.03. The predicted octanol–water partition coefficient (Wildman–Crippen LogP) is 3.91. The Morgan fingerprint density at radius 3 is 2.12 bits per heavy atom. The topological polar surface area (TPSA) is 26.3 Å². The van der Waals surface area contributed by atoms with Crippen LogP contribution in [0.3, 0.4) is 0 Å². The average molecular weight is 439 g/mol. The van der Waals surface area contributed by atoms with Gasteiger partial charge in [0.1, 0.15) is 0 Å². The summed E-state index contributed by atoms with van der Waals surface area (Å²) in [6.45, 7) is 1.69. The number of benzene rings is 1. The molecule has 10 heteroatoms. The van der Waals surface area contributed by atoms with E-state index in [-0.39, 0.29) is 17.3 Å². The van der Waals surface area contributed by atoms with Crippen LogP contribution in [0.4, 0.5) is 30.7 Å². The number of rotatable bonds is 8. The van der Waals surface area contributed by atoms with Gasteiger partial charge in [0.2, 0.25) is 0 Å². The molecule has 0 radical (unpaired) electrons. The van der Waals surface area contributed by atoms with E-state index in [0.29, 0.717) is 6.42 Å². The Bertz CT molecular complexity index is 561. The Morgan fingerprint density at radius 1 is 1.08 bits per heavy atom. The van der Waals surface area contributed by atoms with E-state index in [1.165, 1.54) is 30.3 Å². The van der Waals surface area contributed by atoms with E-state index in [9.17, 15) is 35.5 Å². The number of hydrogen-bond donors (Lipinski definition) is 0. The third-order valence-corrected chi connectivity index (χ3v) is 5.44. The number of halogens is 7. The van der Waals surface area contributed by atoms with Gasteiger partial charge in [-0.15, -0.1) is 0 Å². The molecule has 0 aliphatic rings. The quantitative estimate of drug-likeness (QED) is 0.349. The second-order valence-corrected chi connectivity index (χ2v) is 7.43. The van der Waals surface area contributed by atoms with Crippen molar-refractivity contribution in [2.24, 2.45) is 0 Å². The van der Waals surface area contributed by atoms with Crippen LogP contribution < -0.4 is 4.46 Å². The van der Waals surface area contributed by atoms with Gasteiger partial charge in [0, 0.05) is 0 Å². The molecular weight excluding hydrogens is 424 g/mol. The van der Waals surface area contributed by atoms with Crippen molar-refractivity contribution in [3.05, 3.63) is 30.3 Å². The zero-order chi connectivity index (χ0) is 19.3. The monoisotopic (exact) mass is 440 g/mol. The number of alkyl halides is 7. The molecule has 0 aromatic heterocycles. The van der Waals surface area contributed by atoms with Crippen LogP contribution in [0.25, 0.3) is 0 Å². The van der Waals surface area contributed by atoms with Crippen LogP contribution >= 0.6 is 0 Å². The van der Waals surface area contributed by atoms with Crippen molar-refractivity contribution >= 4 is 25.4 Å². The van der Waals surface area contributed by atoms with Crippen molar-refractivity contribution in [1.29, 1.82) is 0 Å². The third kappa shape index (κ3) is 5.34. The van der Waals surface area contributed by atoms with Crippen molar-refractivity contribution in [3.63, 3.8) is 0 Å². The van der Waals surface area contributed by atoms with Gasteiger partial charge in [-0.2, -0.15) is 0 Å². The Kier molecular flexibility index (Phi) is 7.31. The summed E-state index contributed by atoms with van der Waals surface area (Å²) >= 11 is -1.65. The molecule has 0 fully saturated rings. The normalized spacial score (nSPS) is 14.2. The maximum atomic E-state index is 14.0. The maximum absolute atomic E-state index is 14.0. The number of carbonyl (C=O) groups excluding carboxylic acids is 1. The van der Waals surface area contributed by atoms with E-state index in [1.54, 1.807) is 6.92 Å². The average Bonchev–Trinajstić information content (AvgIpc) is 2.52. The van der Waals surface area contributed by atoms with Crippen LogP contribution in [0.5, 0.6) is 0 Å². The minimum absolute atomic E-state index is 0.0981. The first-order valence-electron chi connectivity index (χ1n) is 7.17. The van der Waals surface area contributed by atoms with Crippen molar-refractivity contribution in [1.82, 2.24) is 0 Å². The predicted molar refractivity (Wildman–Crippen MR) is 77.2 cm³/mol. The molecule has 1 atom stereocenters. The van der Waals surface area contributed by atoms with E-state index in [4.69, 9.17) is 0 Å². The second-order valence-electron chi connectivity index (χ2n) is 5.05. The van der Waals surface area contributed by atoms with Gasteiger partial charge in [0.05, 0.1) is 0 Å². The Morgan fingerprint density at radius 2 is 1.64 bits per heavy atom. The van der Waals surface area contributed by atoms with Gasteiger partial charge in [-0.3, -0.25) is 0 Å². The second kappa shape index (κ2) is 8.40. The van der Waals surface area contributed by atoms with E-state index in [1.807, 2.05) is 0 Å². The summed E-state index contributed by atoms with van der Waals surface area (Å²) in [7, 11) is 0. The van der Waals surface area contributed by atoms with Crippen molar-refractivity contribution < 1.29 is 40.3 Å². The molecule has 0 bridgehead atoms. The number of unbranched alkanes of at least 4 members (excludes halogenated alkanes) is 1. The molecule has 1 rings (SSSR count). The molecule has 0 aliphatic carbocycles. The molecule has 0 N–H and O–H groups in total. The summed E-state index contributed by atoms with van der Waals surface area (Å²) in [6.07, 6.45) is -6.08. The fourth-order valence-corrected chi connectivity index (χ4v) is 3.76. The molecule has 142 valence electrons. The first-order chi connectivity index (χ1) is 11.4. The van der Waals surface area contributed by atoms with E-state index in [2.05, 4.69) is 4.74 Å². The molecule has 1 aromatic rings. The van der Waals surface area contributed by atoms with Gasteiger partial charge < -0.3 is 0 Å². The zero-order valence-electron chi connectivity index (χ0n) is 13.0. The van der Waals surface area contributed by atoms with Crippen LogP contribution in [0.2, 0.25) is 0 Å². The summed E-state index contributed by atoms with van der Waals surface area (Å²) in [5.41, 5.74) is 0. The van der Waals surface area contributed by atoms with Gasteiger partial charge in [-0.05, 0) is 0 Å². The number of ether oxygens (including phenoxy) is 1. The number of esters is 1. The molecule has 25 heavy (non-hydrogen) atoms. The van der Waals surface area contributed by atoms with E-state index < -0.39 is 43.9 Å². The summed E-state index contributed by atoms with van der Waals surface area (Å²) in [6, 6.07) is 6.91. The summed E-state index contributed by atoms with van der Waals surface area (Å²) < 4.78 is 96.3. The number of hydrogen-bond acceptors (Lipinski definition) is 2. The molecule has 0 spiro atoms. The Labute approximate surface area is 145 Å². The van der Waals surface area contributed by atoms with Gasteiger partial charge in [0.15, 0.2) is 0 Å². The molecule has 0 saturated carbocycles. The first kappa shape index (κ1) is 21.8. The molecule has 0 saturated heterocycles. The SMILES string of the molecule is CCCCC(=O)OC([Se]c1ccccc1)C(F)(F)C(F)(F)C(F)(F)F. The molecule has 2 nitrogen and oxygen atoms in total. The molecule has 0 amide bonds. The van der Waals surface area contributed by atoms with Crippen molar-refractivity contribution in [2.45, 2.75) is 49.2 Å². The molecular formula is C15H15F7O2Se. The summed E-state index contributed by atoms with van der Waals surface area (Å²) in [5.74, 6) is -13.2. The van der Waals surface area contributed by atoms with Crippen molar-refractivity contribution in [3.8, 4) is 0 Å². The van der Waals surface area contributed by atoms with Crippen LogP contribution in [-0.2, 0) is 9.53 Å². The molecule has 0 heterocycles. The van der Waals surface area contributed by atoms with Gasteiger partial charge >= 0.3 is 145 Å². The molecule has 1 aromatic carbocycles.